The lowest BCUT2D eigenvalue weighted by Gasteiger charge is -2.55. The number of carbonyl (C=O) groups is 3. The minimum Gasteiger partial charge on any atom is -0.508 e. The van der Waals surface area contributed by atoms with E-state index in [1.165, 1.54) is 6.07 Å². The standard InChI is InChI=1S/C37H36FN5O4/c1-2-19-41-25-36(46)42-33(21-27-10-14-30(44)15-11-27)37(47)40(23-28-12-16-32(38)31(20-28)29-9-6-18-39-22-29)24-34(42)43(41)35(45)17-13-26-7-4-3-5-8-26/h2-12,14-16,18,20,22,33-34,44H,1,13,17,19,21,23-25H2/t33-,34-/m0/s1. The van der Waals surface area contributed by atoms with Crippen molar-refractivity contribution in [3.05, 3.63) is 132 Å². The summed E-state index contributed by atoms with van der Waals surface area (Å²) in [5, 5.41) is 13.2. The Balaban J connectivity index is 1.35. The van der Waals surface area contributed by atoms with Crippen LogP contribution in [0.4, 0.5) is 4.39 Å². The van der Waals surface area contributed by atoms with Crippen LogP contribution in [0.1, 0.15) is 23.1 Å². The Bertz CT molecular complexity index is 1750. The Kier molecular flexibility index (Phi) is 9.40. The predicted octanol–water partition coefficient (Wildman–Crippen LogP) is 4.58. The average molecular weight is 634 g/mol. The van der Waals surface area contributed by atoms with Crippen molar-refractivity contribution in [2.45, 2.75) is 38.0 Å². The normalized spacial score (nSPS) is 18.3. The van der Waals surface area contributed by atoms with Gasteiger partial charge in [0, 0.05) is 49.5 Å². The van der Waals surface area contributed by atoms with E-state index in [0.29, 0.717) is 23.1 Å². The van der Waals surface area contributed by atoms with Crippen molar-refractivity contribution in [3.63, 3.8) is 0 Å². The van der Waals surface area contributed by atoms with Crippen LogP contribution in [-0.4, -0.2) is 79.5 Å². The lowest BCUT2D eigenvalue weighted by Crippen LogP contribution is -2.75. The Morgan fingerprint density at radius 2 is 1.74 bits per heavy atom. The second-order valence-corrected chi connectivity index (χ2v) is 11.8. The molecule has 6 rings (SSSR count). The second kappa shape index (κ2) is 14.0. The zero-order chi connectivity index (χ0) is 32.9. The molecule has 3 heterocycles. The van der Waals surface area contributed by atoms with E-state index >= 15 is 0 Å². The van der Waals surface area contributed by atoms with Crippen molar-refractivity contribution in [3.8, 4) is 16.9 Å². The van der Waals surface area contributed by atoms with Crippen molar-refractivity contribution in [2.75, 3.05) is 19.6 Å². The fraction of sp³-hybridized carbons (Fsp3) is 0.243. The van der Waals surface area contributed by atoms with E-state index < -0.39 is 18.0 Å². The van der Waals surface area contributed by atoms with Gasteiger partial charge in [-0.25, -0.2) is 14.4 Å². The summed E-state index contributed by atoms with van der Waals surface area (Å²) >= 11 is 0. The molecule has 1 N–H and O–H groups in total. The van der Waals surface area contributed by atoms with Crippen LogP contribution in [0.3, 0.4) is 0 Å². The van der Waals surface area contributed by atoms with Gasteiger partial charge in [-0.2, -0.15) is 0 Å². The van der Waals surface area contributed by atoms with Crippen LogP contribution in [0.15, 0.2) is 110 Å². The third kappa shape index (κ3) is 6.92. The summed E-state index contributed by atoms with van der Waals surface area (Å²) < 4.78 is 14.9. The van der Waals surface area contributed by atoms with Crippen molar-refractivity contribution >= 4 is 17.7 Å². The quantitative estimate of drug-likeness (QED) is 0.257. The van der Waals surface area contributed by atoms with Gasteiger partial charge < -0.3 is 14.9 Å². The van der Waals surface area contributed by atoms with E-state index in [9.17, 15) is 23.9 Å². The molecule has 2 aliphatic rings. The van der Waals surface area contributed by atoms with Crippen molar-refractivity contribution in [1.29, 1.82) is 0 Å². The number of aromatic hydroxyl groups is 1. The topological polar surface area (TPSA) is 97.3 Å². The zero-order valence-corrected chi connectivity index (χ0v) is 25.9. The molecule has 0 saturated carbocycles. The first-order chi connectivity index (χ1) is 22.8. The molecule has 10 heteroatoms. The van der Waals surface area contributed by atoms with Crippen LogP contribution >= 0.6 is 0 Å². The van der Waals surface area contributed by atoms with Gasteiger partial charge in [0.2, 0.25) is 17.7 Å². The molecule has 0 spiro atoms. The number of pyridine rings is 1. The number of hydrazine groups is 1. The molecule has 2 aliphatic heterocycles. The summed E-state index contributed by atoms with van der Waals surface area (Å²) in [4.78, 5) is 49.5. The van der Waals surface area contributed by atoms with E-state index in [0.717, 1.165) is 11.1 Å². The highest BCUT2D eigenvalue weighted by molar-refractivity contribution is 5.92. The van der Waals surface area contributed by atoms with Crippen molar-refractivity contribution in [1.82, 2.24) is 24.8 Å². The van der Waals surface area contributed by atoms with E-state index in [-0.39, 0.29) is 62.5 Å². The van der Waals surface area contributed by atoms with Crippen LogP contribution in [0, 0.1) is 5.82 Å². The highest BCUT2D eigenvalue weighted by Gasteiger charge is 2.51. The molecule has 3 aromatic carbocycles. The van der Waals surface area contributed by atoms with Gasteiger partial charge in [-0.1, -0.05) is 60.7 Å². The fourth-order valence-corrected chi connectivity index (χ4v) is 6.40. The first-order valence-corrected chi connectivity index (χ1v) is 15.6. The molecule has 2 saturated heterocycles. The number of phenols is 1. The number of benzene rings is 3. The van der Waals surface area contributed by atoms with Crippen LogP contribution in [0.25, 0.3) is 11.1 Å². The molecule has 0 radical (unpaired) electrons. The van der Waals surface area contributed by atoms with E-state index in [1.807, 2.05) is 30.3 Å². The van der Waals surface area contributed by atoms with Gasteiger partial charge in [0.25, 0.3) is 0 Å². The smallest absolute Gasteiger partial charge is 0.246 e. The molecule has 2 atom stereocenters. The first-order valence-electron chi connectivity index (χ1n) is 15.6. The zero-order valence-electron chi connectivity index (χ0n) is 25.9. The van der Waals surface area contributed by atoms with Crippen LogP contribution in [0.5, 0.6) is 5.75 Å². The van der Waals surface area contributed by atoms with Gasteiger partial charge >= 0.3 is 0 Å². The van der Waals surface area contributed by atoms with Gasteiger partial charge in [-0.15, -0.1) is 6.58 Å². The molecule has 240 valence electrons. The highest BCUT2D eigenvalue weighted by atomic mass is 19.1. The number of amides is 3. The number of piperazine rings is 1. The molecule has 3 amide bonds. The monoisotopic (exact) mass is 633 g/mol. The number of nitrogens with zero attached hydrogens (tertiary/aromatic N) is 5. The Labute approximate surface area is 273 Å². The van der Waals surface area contributed by atoms with Gasteiger partial charge in [-0.3, -0.25) is 19.4 Å². The fourth-order valence-electron chi connectivity index (χ4n) is 6.40. The molecule has 0 aliphatic carbocycles. The van der Waals surface area contributed by atoms with Crippen LogP contribution in [-0.2, 0) is 33.8 Å². The van der Waals surface area contributed by atoms with Gasteiger partial charge in [0.15, 0.2) is 0 Å². The van der Waals surface area contributed by atoms with E-state index in [2.05, 4.69) is 11.6 Å². The average Bonchev–Trinajstić information content (AvgIpc) is 3.08. The third-order valence-electron chi connectivity index (χ3n) is 8.64. The van der Waals surface area contributed by atoms with E-state index in [4.69, 9.17) is 0 Å². The Morgan fingerprint density at radius 1 is 0.979 bits per heavy atom. The number of phenolic OH excluding ortho intramolecular Hbond substituents is 1. The van der Waals surface area contributed by atoms with Crippen molar-refractivity contribution < 1.29 is 23.9 Å². The largest absolute Gasteiger partial charge is 0.508 e. The van der Waals surface area contributed by atoms with Crippen LogP contribution in [0.2, 0.25) is 0 Å². The molecular formula is C37H36FN5O4. The van der Waals surface area contributed by atoms with Gasteiger partial charge in [-0.05, 0) is 53.4 Å². The summed E-state index contributed by atoms with van der Waals surface area (Å²) in [6.07, 6.45) is 5.00. The van der Waals surface area contributed by atoms with Gasteiger partial charge in [0.05, 0.1) is 13.1 Å². The Hall–Kier alpha value is -5.35. The predicted molar refractivity (Wildman–Crippen MR) is 175 cm³/mol. The first kappa shape index (κ1) is 31.6. The molecule has 0 bridgehead atoms. The lowest BCUT2D eigenvalue weighted by atomic mass is 9.97. The molecule has 9 nitrogen and oxygen atoms in total. The minimum absolute atomic E-state index is 0.0704. The molecule has 1 aromatic heterocycles. The number of carbonyl (C=O) groups excluding carboxylic acids is 3. The summed E-state index contributed by atoms with van der Waals surface area (Å²) in [7, 11) is 0. The number of hydrogen-bond acceptors (Lipinski definition) is 6. The number of aryl methyl sites for hydroxylation is 1. The number of halogens is 1. The molecule has 4 aromatic rings. The van der Waals surface area contributed by atoms with Gasteiger partial charge in [0.1, 0.15) is 23.8 Å². The Morgan fingerprint density at radius 3 is 2.47 bits per heavy atom. The number of aromatic nitrogens is 1. The highest BCUT2D eigenvalue weighted by Crippen LogP contribution is 2.31. The maximum Gasteiger partial charge on any atom is 0.246 e. The molecule has 2 fully saturated rings. The minimum atomic E-state index is -0.903. The van der Waals surface area contributed by atoms with Crippen LogP contribution < -0.4 is 0 Å². The summed E-state index contributed by atoms with van der Waals surface area (Å²) in [6, 6.07) is 23.6. The molecular weight excluding hydrogens is 597 g/mol. The number of fused-ring (bicyclic) bond motifs is 1. The van der Waals surface area contributed by atoms with Crippen molar-refractivity contribution in [2.24, 2.45) is 0 Å². The maximum atomic E-state index is 14.9. The molecule has 47 heavy (non-hydrogen) atoms. The van der Waals surface area contributed by atoms with E-state index in [1.54, 1.807) is 86.8 Å². The summed E-state index contributed by atoms with van der Waals surface area (Å²) in [5.41, 5.74) is 3.45. The summed E-state index contributed by atoms with van der Waals surface area (Å²) in [6.45, 7) is 4.26. The molecule has 0 unspecified atom stereocenters. The number of hydrogen-bond donors (Lipinski definition) is 1. The second-order valence-electron chi connectivity index (χ2n) is 11.8. The number of rotatable bonds is 10. The summed E-state index contributed by atoms with van der Waals surface area (Å²) in [5.74, 6) is -1.02. The maximum absolute atomic E-state index is 14.9. The lowest BCUT2D eigenvalue weighted by molar-refractivity contribution is -0.205. The SMILES string of the molecule is C=CCN1CC(=O)N2[C@@H](Cc3ccc(O)cc3)C(=O)N(Cc3ccc(F)c(-c4cccnc4)c3)C[C@@H]2N1C(=O)CCc1ccccc1. The third-order valence-corrected chi connectivity index (χ3v) is 8.64.